The first-order chi connectivity index (χ1) is 12.7. The molecule has 0 atom stereocenters. The van der Waals surface area contributed by atoms with E-state index < -0.39 is 0 Å². The van der Waals surface area contributed by atoms with E-state index in [0.29, 0.717) is 0 Å². The van der Waals surface area contributed by atoms with Gasteiger partial charge in [0.15, 0.2) is 11.5 Å². The minimum absolute atomic E-state index is 0.755. The van der Waals surface area contributed by atoms with Crippen LogP contribution in [0.25, 0.3) is 28.2 Å². The van der Waals surface area contributed by atoms with Gasteiger partial charge in [-0.15, -0.1) is 10.2 Å². The van der Waals surface area contributed by atoms with E-state index in [1.165, 1.54) is 0 Å². The Morgan fingerprint density at radius 3 is 2.46 bits per heavy atom. The maximum absolute atomic E-state index is 5.48. The summed E-state index contributed by atoms with van der Waals surface area (Å²) in [5.74, 6) is 2.38. The Hall–Kier alpha value is -3.34. The van der Waals surface area contributed by atoms with Gasteiger partial charge in [0.25, 0.3) is 0 Å². The molecular weight excluding hydrogens is 326 g/mol. The summed E-state index contributed by atoms with van der Waals surface area (Å²) < 4.78 is 12.8. The van der Waals surface area contributed by atoms with Crippen LogP contribution in [0.3, 0.4) is 0 Å². The molecule has 130 valence electrons. The number of benzene rings is 2. The first kappa shape index (κ1) is 16.1. The van der Waals surface area contributed by atoms with Gasteiger partial charge >= 0.3 is 0 Å². The van der Waals surface area contributed by atoms with Crippen LogP contribution in [0.1, 0.15) is 5.56 Å². The number of rotatable bonds is 4. The Kier molecular flexibility index (Phi) is 4.05. The van der Waals surface area contributed by atoms with Crippen LogP contribution < -0.4 is 9.47 Å². The lowest BCUT2D eigenvalue weighted by molar-refractivity contribution is 0.414. The second-order valence-electron chi connectivity index (χ2n) is 6.05. The summed E-state index contributed by atoms with van der Waals surface area (Å²) in [6.45, 7) is 2.08. The standard InChI is InChI=1S/C21H19N3O2/c1-14-12-16(25-2)9-10-17(14)15-8-11-20-22-23-21(24(20)13-15)18-6-4-5-7-19(18)26-3/h4-13H,1-3H3. The zero-order valence-corrected chi connectivity index (χ0v) is 14.9. The molecule has 0 bridgehead atoms. The molecular formula is C21H19N3O2. The van der Waals surface area contributed by atoms with Crippen LogP contribution in [0.4, 0.5) is 0 Å². The Labute approximate surface area is 151 Å². The second kappa shape index (κ2) is 6.52. The van der Waals surface area contributed by atoms with Gasteiger partial charge in [0.05, 0.1) is 19.8 Å². The van der Waals surface area contributed by atoms with E-state index in [1.54, 1.807) is 14.2 Å². The third-order valence-electron chi connectivity index (χ3n) is 4.49. The molecule has 0 unspecified atom stereocenters. The van der Waals surface area contributed by atoms with Crippen LogP contribution in [0.15, 0.2) is 60.8 Å². The number of aromatic nitrogens is 3. The van der Waals surface area contributed by atoms with Gasteiger partial charge in [-0.3, -0.25) is 4.40 Å². The molecule has 0 aliphatic carbocycles. The molecule has 0 amide bonds. The maximum Gasteiger partial charge on any atom is 0.172 e. The Morgan fingerprint density at radius 2 is 1.69 bits per heavy atom. The van der Waals surface area contributed by atoms with Gasteiger partial charge in [-0.1, -0.05) is 18.2 Å². The van der Waals surface area contributed by atoms with E-state index in [0.717, 1.165) is 45.2 Å². The van der Waals surface area contributed by atoms with Crippen LogP contribution >= 0.6 is 0 Å². The Bertz CT molecular complexity index is 1090. The third kappa shape index (κ3) is 2.67. The highest BCUT2D eigenvalue weighted by molar-refractivity contribution is 5.72. The monoisotopic (exact) mass is 345 g/mol. The average Bonchev–Trinajstić information content (AvgIpc) is 3.10. The minimum Gasteiger partial charge on any atom is -0.497 e. The minimum atomic E-state index is 0.755. The molecule has 2 heterocycles. The smallest absolute Gasteiger partial charge is 0.172 e. The van der Waals surface area contributed by atoms with Crippen molar-refractivity contribution < 1.29 is 9.47 Å². The van der Waals surface area contributed by atoms with Crippen LogP contribution in [0.5, 0.6) is 11.5 Å². The highest BCUT2D eigenvalue weighted by Crippen LogP contribution is 2.31. The van der Waals surface area contributed by atoms with Crippen molar-refractivity contribution in [2.45, 2.75) is 6.92 Å². The van der Waals surface area contributed by atoms with Crippen LogP contribution in [0, 0.1) is 6.92 Å². The topological polar surface area (TPSA) is 48.7 Å². The summed E-state index contributed by atoms with van der Waals surface area (Å²) in [7, 11) is 3.34. The molecule has 0 saturated carbocycles. The number of pyridine rings is 1. The molecule has 0 aliphatic heterocycles. The molecule has 0 N–H and O–H groups in total. The molecule has 5 nitrogen and oxygen atoms in total. The Morgan fingerprint density at radius 1 is 0.846 bits per heavy atom. The van der Waals surface area contributed by atoms with Crippen molar-refractivity contribution >= 4 is 5.65 Å². The molecule has 0 spiro atoms. The molecule has 0 fully saturated rings. The first-order valence-electron chi connectivity index (χ1n) is 8.34. The molecule has 2 aromatic heterocycles. The fourth-order valence-corrected chi connectivity index (χ4v) is 3.15. The summed E-state index contributed by atoms with van der Waals surface area (Å²) in [5, 5.41) is 8.66. The molecule has 4 aromatic rings. The summed E-state index contributed by atoms with van der Waals surface area (Å²) in [5.41, 5.74) is 5.09. The molecule has 0 aliphatic rings. The maximum atomic E-state index is 5.48. The van der Waals surface area contributed by atoms with E-state index in [-0.39, 0.29) is 0 Å². The summed E-state index contributed by atoms with van der Waals surface area (Å²) >= 11 is 0. The lowest BCUT2D eigenvalue weighted by atomic mass is 10.0. The normalized spacial score (nSPS) is 10.9. The van der Waals surface area contributed by atoms with E-state index in [4.69, 9.17) is 9.47 Å². The molecule has 26 heavy (non-hydrogen) atoms. The highest BCUT2D eigenvalue weighted by Gasteiger charge is 2.14. The third-order valence-corrected chi connectivity index (χ3v) is 4.49. The molecule has 0 radical (unpaired) electrons. The molecule has 0 saturated heterocycles. The number of methoxy groups -OCH3 is 2. The van der Waals surface area contributed by atoms with Gasteiger partial charge in [-0.2, -0.15) is 0 Å². The number of aryl methyl sites for hydroxylation is 1. The van der Waals surface area contributed by atoms with Crippen molar-refractivity contribution in [1.82, 2.24) is 14.6 Å². The summed E-state index contributed by atoms with van der Waals surface area (Å²) in [4.78, 5) is 0. The highest BCUT2D eigenvalue weighted by atomic mass is 16.5. The van der Waals surface area contributed by atoms with E-state index in [9.17, 15) is 0 Å². The van der Waals surface area contributed by atoms with Gasteiger partial charge in [0.1, 0.15) is 11.5 Å². The van der Waals surface area contributed by atoms with Crippen LogP contribution in [0.2, 0.25) is 0 Å². The molecule has 5 heteroatoms. The van der Waals surface area contributed by atoms with Crippen molar-refractivity contribution in [2.24, 2.45) is 0 Å². The van der Waals surface area contributed by atoms with Gasteiger partial charge < -0.3 is 9.47 Å². The number of nitrogens with zero attached hydrogens (tertiary/aromatic N) is 3. The quantitative estimate of drug-likeness (QED) is 0.550. The lowest BCUT2D eigenvalue weighted by Crippen LogP contribution is -1.94. The predicted octanol–water partition coefficient (Wildman–Crippen LogP) is 4.39. The zero-order valence-electron chi connectivity index (χ0n) is 14.9. The largest absolute Gasteiger partial charge is 0.497 e. The van der Waals surface area contributed by atoms with E-state index in [2.05, 4.69) is 35.5 Å². The van der Waals surface area contributed by atoms with E-state index >= 15 is 0 Å². The van der Waals surface area contributed by atoms with Crippen LogP contribution in [-0.4, -0.2) is 28.8 Å². The zero-order chi connectivity index (χ0) is 18.1. The number of ether oxygens (including phenoxy) is 2. The number of fused-ring (bicyclic) bond motifs is 1. The van der Waals surface area contributed by atoms with Crippen molar-refractivity contribution in [3.63, 3.8) is 0 Å². The van der Waals surface area contributed by atoms with E-state index in [1.807, 2.05) is 46.9 Å². The number of para-hydroxylation sites is 1. The van der Waals surface area contributed by atoms with Crippen molar-refractivity contribution in [1.29, 1.82) is 0 Å². The first-order valence-corrected chi connectivity index (χ1v) is 8.34. The fourth-order valence-electron chi connectivity index (χ4n) is 3.15. The van der Waals surface area contributed by atoms with Gasteiger partial charge in [0.2, 0.25) is 0 Å². The Balaban J connectivity index is 1.88. The van der Waals surface area contributed by atoms with Crippen molar-refractivity contribution in [2.75, 3.05) is 14.2 Å². The van der Waals surface area contributed by atoms with Gasteiger partial charge in [-0.05, 0) is 60.0 Å². The second-order valence-corrected chi connectivity index (χ2v) is 6.05. The fraction of sp³-hybridized carbons (Fsp3) is 0.143. The summed E-state index contributed by atoms with van der Waals surface area (Å²) in [6.07, 6.45) is 2.06. The predicted molar refractivity (Wildman–Crippen MR) is 102 cm³/mol. The number of hydrogen-bond acceptors (Lipinski definition) is 4. The van der Waals surface area contributed by atoms with Crippen LogP contribution in [-0.2, 0) is 0 Å². The SMILES string of the molecule is COc1ccc(-c2ccc3nnc(-c4ccccc4OC)n3c2)c(C)c1. The average molecular weight is 345 g/mol. The molecule has 4 rings (SSSR count). The summed E-state index contributed by atoms with van der Waals surface area (Å²) in [6, 6.07) is 17.9. The number of hydrogen-bond donors (Lipinski definition) is 0. The van der Waals surface area contributed by atoms with Crippen molar-refractivity contribution in [3.05, 3.63) is 66.4 Å². The van der Waals surface area contributed by atoms with Gasteiger partial charge in [0, 0.05) is 6.20 Å². The van der Waals surface area contributed by atoms with Gasteiger partial charge in [-0.25, -0.2) is 0 Å². The molecule has 2 aromatic carbocycles. The lowest BCUT2D eigenvalue weighted by Gasteiger charge is -2.10. The van der Waals surface area contributed by atoms with Crippen molar-refractivity contribution in [3.8, 4) is 34.0 Å².